The van der Waals surface area contributed by atoms with Gasteiger partial charge in [0.25, 0.3) is 0 Å². The Balaban J connectivity index is 1.63. The molecule has 0 unspecified atom stereocenters. The molecule has 2 aromatic rings. The predicted octanol–water partition coefficient (Wildman–Crippen LogP) is 3.05. The fourth-order valence-electron chi connectivity index (χ4n) is 3.34. The number of anilines is 1. The van der Waals surface area contributed by atoms with Crippen LogP contribution in [0.25, 0.3) is 0 Å². The Morgan fingerprint density at radius 2 is 1.96 bits per heavy atom. The molecule has 0 bridgehead atoms. The third kappa shape index (κ3) is 3.65. The number of carbonyl (C=O) groups excluding carboxylic acids is 1. The van der Waals surface area contributed by atoms with Gasteiger partial charge in [-0.1, -0.05) is 6.07 Å². The summed E-state index contributed by atoms with van der Waals surface area (Å²) in [6, 6.07) is 9.89. The van der Waals surface area contributed by atoms with E-state index in [1.54, 1.807) is 11.3 Å². The quantitative estimate of drug-likeness (QED) is 0.913. The van der Waals surface area contributed by atoms with Crippen LogP contribution in [0.3, 0.4) is 0 Å². The molecule has 0 spiro atoms. The number of rotatable bonds is 4. The van der Waals surface area contributed by atoms with Crippen molar-refractivity contribution in [1.29, 1.82) is 0 Å². The lowest BCUT2D eigenvalue weighted by atomic mass is 9.96. The van der Waals surface area contributed by atoms with E-state index in [9.17, 15) is 4.79 Å². The first-order valence-corrected chi connectivity index (χ1v) is 9.63. The molecule has 1 fully saturated rings. The Hall–Kier alpha value is -2.05. The summed E-state index contributed by atoms with van der Waals surface area (Å²) in [5.74, 6) is 1.75. The second-order valence-corrected chi connectivity index (χ2v) is 7.39. The zero-order valence-corrected chi connectivity index (χ0v) is 14.9. The highest BCUT2D eigenvalue weighted by Crippen LogP contribution is 2.35. The number of amides is 1. The van der Waals surface area contributed by atoms with Crippen molar-refractivity contribution in [3.8, 4) is 11.5 Å². The molecular weight excluding hydrogens is 336 g/mol. The standard InChI is InChI=1S/C19H22N2O3S/c22-19(14-5-7-20-8-6-14)21(13-16-2-1-11-25-16)15-3-4-17-18(12-15)24-10-9-23-17/h1-4,11-12,14,20H,5-10,13H2. The van der Waals surface area contributed by atoms with Crippen LogP contribution in [0.15, 0.2) is 35.7 Å². The molecule has 5 nitrogen and oxygen atoms in total. The minimum Gasteiger partial charge on any atom is -0.486 e. The van der Waals surface area contributed by atoms with E-state index in [-0.39, 0.29) is 11.8 Å². The van der Waals surface area contributed by atoms with Crippen LogP contribution >= 0.6 is 11.3 Å². The lowest BCUT2D eigenvalue weighted by Crippen LogP contribution is -2.40. The molecule has 6 heteroatoms. The third-order valence-electron chi connectivity index (χ3n) is 4.69. The molecule has 4 rings (SSSR count). The highest BCUT2D eigenvalue weighted by atomic mass is 32.1. The van der Waals surface area contributed by atoms with Crippen LogP contribution in [0.1, 0.15) is 17.7 Å². The topological polar surface area (TPSA) is 50.8 Å². The van der Waals surface area contributed by atoms with Gasteiger partial charge in [-0.05, 0) is 49.5 Å². The number of nitrogens with one attached hydrogen (secondary N) is 1. The first-order valence-electron chi connectivity index (χ1n) is 8.75. The average molecular weight is 358 g/mol. The maximum atomic E-state index is 13.2. The summed E-state index contributed by atoms with van der Waals surface area (Å²) in [5.41, 5.74) is 0.876. The monoisotopic (exact) mass is 358 g/mol. The van der Waals surface area contributed by atoms with Crippen LogP contribution in [-0.4, -0.2) is 32.2 Å². The number of carbonyl (C=O) groups is 1. The van der Waals surface area contributed by atoms with Crippen LogP contribution in [0, 0.1) is 5.92 Å². The highest BCUT2D eigenvalue weighted by Gasteiger charge is 2.28. The van der Waals surface area contributed by atoms with Gasteiger partial charge in [-0.25, -0.2) is 0 Å². The molecule has 2 aliphatic rings. The normalized spacial score (nSPS) is 17.3. The smallest absolute Gasteiger partial charge is 0.230 e. The first-order chi connectivity index (χ1) is 12.3. The Labute approximate surface area is 151 Å². The number of benzene rings is 1. The fourth-order valence-corrected chi connectivity index (χ4v) is 4.04. The number of hydrogen-bond acceptors (Lipinski definition) is 5. The van der Waals surface area contributed by atoms with Crippen LogP contribution in [-0.2, 0) is 11.3 Å². The van der Waals surface area contributed by atoms with Crippen molar-refractivity contribution in [3.63, 3.8) is 0 Å². The van der Waals surface area contributed by atoms with Gasteiger partial charge in [-0.2, -0.15) is 0 Å². The SMILES string of the molecule is O=C(C1CCNCC1)N(Cc1cccs1)c1ccc2c(c1)OCCO2. The summed E-state index contributed by atoms with van der Waals surface area (Å²) in [6.07, 6.45) is 1.79. The van der Waals surface area contributed by atoms with Crippen molar-refractivity contribution in [3.05, 3.63) is 40.6 Å². The molecule has 0 saturated carbocycles. The van der Waals surface area contributed by atoms with E-state index in [2.05, 4.69) is 11.4 Å². The van der Waals surface area contributed by atoms with Gasteiger partial charge in [-0.3, -0.25) is 4.79 Å². The Bertz CT molecular complexity index is 726. The van der Waals surface area contributed by atoms with Gasteiger partial charge in [0.1, 0.15) is 13.2 Å². The second kappa shape index (κ2) is 7.45. The molecular formula is C19H22N2O3S. The predicted molar refractivity (Wildman–Crippen MR) is 98.5 cm³/mol. The van der Waals surface area contributed by atoms with Crippen molar-refractivity contribution in [2.24, 2.45) is 5.92 Å². The highest BCUT2D eigenvalue weighted by molar-refractivity contribution is 7.09. The lowest BCUT2D eigenvalue weighted by molar-refractivity contribution is -0.123. The molecule has 1 amide bonds. The summed E-state index contributed by atoms with van der Waals surface area (Å²) in [4.78, 5) is 16.3. The van der Waals surface area contributed by atoms with Gasteiger partial charge in [0.05, 0.1) is 6.54 Å². The van der Waals surface area contributed by atoms with Gasteiger partial charge < -0.3 is 19.7 Å². The van der Waals surface area contributed by atoms with Crippen molar-refractivity contribution >= 4 is 22.9 Å². The maximum absolute atomic E-state index is 13.2. The van der Waals surface area contributed by atoms with Gasteiger partial charge in [0.15, 0.2) is 11.5 Å². The van der Waals surface area contributed by atoms with E-state index >= 15 is 0 Å². The van der Waals surface area contributed by atoms with Crippen LogP contribution < -0.4 is 19.7 Å². The molecule has 1 aromatic carbocycles. The molecule has 1 saturated heterocycles. The largest absolute Gasteiger partial charge is 0.486 e. The molecule has 25 heavy (non-hydrogen) atoms. The van der Waals surface area contributed by atoms with Gasteiger partial charge >= 0.3 is 0 Å². The number of thiophene rings is 1. The third-order valence-corrected chi connectivity index (χ3v) is 5.55. The molecule has 3 heterocycles. The van der Waals surface area contributed by atoms with E-state index < -0.39 is 0 Å². The molecule has 0 radical (unpaired) electrons. The lowest BCUT2D eigenvalue weighted by Gasteiger charge is -2.30. The first kappa shape index (κ1) is 16.4. The minimum absolute atomic E-state index is 0.0782. The Kier molecular flexibility index (Phi) is 4.90. The van der Waals surface area contributed by atoms with E-state index in [1.165, 1.54) is 4.88 Å². The zero-order valence-electron chi connectivity index (χ0n) is 14.1. The van der Waals surface area contributed by atoms with Crippen molar-refractivity contribution in [2.45, 2.75) is 19.4 Å². The van der Waals surface area contributed by atoms with Crippen LogP contribution in [0.5, 0.6) is 11.5 Å². The van der Waals surface area contributed by atoms with E-state index in [0.717, 1.165) is 43.1 Å². The molecule has 0 aliphatic carbocycles. The molecule has 1 N–H and O–H groups in total. The molecule has 0 atom stereocenters. The fraction of sp³-hybridized carbons (Fsp3) is 0.421. The number of hydrogen-bond donors (Lipinski definition) is 1. The molecule has 1 aromatic heterocycles. The van der Waals surface area contributed by atoms with Crippen LogP contribution in [0.4, 0.5) is 5.69 Å². The number of ether oxygens (including phenoxy) is 2. The minimum atomic E-state index is 0.0782. The number of piperidine rings is 1. The molecule has 132 valence electrons. The van der Waals surface area contributed by atoms with Crippen molar-refractivity contribution < 1.29 is 14.3 Å². The van der Waals surface area contributed by atoms with E-state index in [0.29, 0.717) is 19.8 Å². The maximum Gasteiger partial charge on any atom is 0.230 e. The van der Waals surface area contributed by atoms with Crippen molar-refractivity contribution in [2.75, 3.05) is 31.2 Å². The zero-order chi connectivity index (χ0) is 17.1. The Morgan fingerprint density at radius 1 is 1.16 bits per heavy atom. The number of fused-ring (bicyclic) bond motifs is 1. The second-order valence-electron chi connectivity index (χ2n) is 6.36. The average Bonchev–Trinajstić information content (AvgIpc) is 3.19. The summed E-state index contributed by atoms with van der Waals surface area (Å²) in [6.45, 7) is 3.53. The van der Waals surface area contributed by atoms with E-state index in [1.807, 2.05) is 34.5 Å². The summed E-state index contributed by atoms with van der Waals surface area (Å²) in [7, 11) is 0. The van der Waals surface area contributed by atoms with E-state index in [4.69, 9.17) is 9.47 Å². The van der Waals surface area contributed by atoms with Gasteiger partial charge in [-0.15, -0.1) is 11.3 Å². The summed E-state index contributed by atoms with van der Waals surface area (Å²) >= 11 is 1.68. The Morgan fingerprint density at radius 3 is 2.72 bits per heavy atom. The molecule has 2 aliphatic heterocycles. The van der Waals surface area contributed by atoms with Crippen molar-refractivity contribution in [1.82, 2.24) is 5.32 Å². The van der Waals surface area contributed by atoms with Gasteiger partial charge in [0.2, 0.25) is 5.91 Å². The number of nitrogens with zero attached hydrogens (tertiary/aromatic N) is 1. The summed E-state index contributed by atoms with van der Waals surface area (Å²) < 4.78 is 11.3. The van der Waals surface area contributed by atoms with Gasteiger partial charge in [0, 0.05) is 22.5 Å². The van der Waals surface area contributed by atoms with Crippen LogP contribution in [0.2, 0.25) is 0 Å². The summed E-state index contributed by atoms with van der Waals surface area (Å²) in [5, 5.41) is 5.38.